The van der Waals surface area contributed by atoms with Crippen molar-refractivity contribution in [3.05, 3.63) is 41.9 Å². The molecule has 0 spiro atoms. The number of nitrogens with one attached hydrogen (secondary N) is 2. The molecular weight excluding hydrogens is 592 g/mol. The number of aryl methyl sites for hydroxylation is 2. The van der Waals surface area contributed by atoms with E-state index in [-0.39, 0.29) is 11.6 Å². The summed E-state index contributed by atoms with van der Waals surface area (Å²) in [5.41, 5.74) is -0.617. The van der Waals surface area contributed by atoms with Crippen molar-refractivity contribution in [3.8, 4) is 0 Å². The summed E-state index contributed by atoms with van der Waals surface area (Å²) < 4.78 is 186. The third kappa shape index (κ3) is 5.55. The lowest BCUT2D eigenvalue weighted by molar-refractivity contribution is -0.406. The summed E-state index contributed by atoms with van der Waals surface area (Å²) >= 11 is 0. The summed E-state index contributed by atoms with van der Waals surface area (Å²) in [5.74, 6) is -40.8. The molecule has 2 rings (SSSR count). The molecule has 0 saturated carbocycles. The first-order chi connectivity index (χ1) is 17.4. The molecule has 1 aromatic heterocycles. The molecule has 0 aliphatic carbocycles. The molecule has 1 amide bonds. The van der Waals surface area contributed by atoms with Gasteiger partial charge in [0, 0.05) is 17.4 Å². The van der Waals surface area contributed by atoms with Crippen LogP contribution in [0.15, 0.2) is 35.2 Å². The van der Waals surface area contributed by atoms with E-state index in [1.807, 2.05) is 4.72 Å². The van der Waals surface area contributed by atoms with E-state index in [0.29, 0.717) is 30.0 Å². The highest BCUT2D eigenvalue weighted by molar-refractivity contribution is 7.92. The van der Waals surface area contributed by atoms with Crippen LogP contribution in [0.3, 0.4) is 0 Å². The van der Waals surface area contributed by atoms with E-state index in [0.717, 1.165) is 5.32 Å². The van der Waals surface area contributed by atoms with Crippen LogP contribution in [0.5, 0.6) is 0 Å². The number of carbonyl (C=O) groups is 1. The Labute approximate surface area is 210 Å². The maximum Gasteiger partial charge on any atom is 0.393 e. The van der Waals surface area contributed by atoms with Gasteiger partial charge in [-0.1, -0.05) is 0 Å². The topological polar surface area (TPSA) is 101 Å². The van der Waals surface area contributed by atoms with Gasteiger partial charge in [-0.3, -0.25) is 9.52 Å². The summed E-state index contributed by atoms with van der Waals surface area (Å²) in [6.45, 7) is 2.94. The van der Waals surface area contributed by atoms with Crippen LogP contribution in [0, 0.1) is 13.8 Å². The molecule has 20 heteroatoms. The van der Waals surface area contributed by atoms with Crippen molar-refractivity contribution in [1.82, 2.24) is 9.97 Å². The van der Waals surface area contributed by atoms with Crippen LogP contribution in [0.1, 0.15) is 11.5 Å². The Balaban J connectivity index is 2.30. The zero-order chi connectivity index (χ0) is 30.4. The number of alkyl halides is 12. The maximum absolute atomic E-state index is 13.9. The fourth-order valence-electron chi connectivity index (χ4n) is 2.78. The van der Waals surface area contributed by atoms with Gasteiger partial charge in [0.25, 0.3) is 10.0 Å². The number of benzene rings is 1. The Morgan fingerprint density at radius 2 is 1.33 bits per heavy atom. The fourth-order valence-corrected chi connectivity index (χ4v) is 3.77. The third-order valence-corrected chi connectivity index (χ3v) is 6.16. The predicted molar refractivity (Wildman–Crippen MR) is 108 cm³/mol. The van der Waals surface area contributed by atoms with Gasteiger partial charge < -0.3 is 5.32 Å². The second-order valence-corrected chi connectivity index (χ2v) is 9.43. The van der Waals surface area contributed by atoms with Crippen LogP contribution in [0.25, 0.3) is 0 Å². The van der Waals surface area contributed by atoms with Gasteiger partial charge in [0.15, 0.2) is 0 Å². The average Bonchev–Trinajstić information content (AvgIpc) is 2.77. The summed E-state index contributed by atoms with van der Waals surface area (Å²) in [5, 5.41) is 0.898. The molecule has 0 aliphatic heterocycles. The molecule has 0 radical (unpaired) electrons. The van der Waals surface area contributed by atoms with Crippen LogP contribution in [-0.2, 0) is 14.8 Å². The molecule has 0 unspecified atom stereocenters. The largest absolute Gasteiger partial charge is 0.393 e. The van der Waals surface area contributed by atoms with E-state index >= 15 is 0 Å². The molecule has 1 aromatic carbocycles. The van der Waals surface area contributed by atoms with Gasteiger partial charge in [-0.25, -0.2) is 27.2 Å². The number of anilines is 2. The standard InChI is InChI=1S/C19H14F12N4O3S/c1-8-7-12(33-9(2)32-8)35-39(37,38)11-5-3-10(4-6-11)34-14(36)16(24,25)18(28,29)19(30,31)17(26,27)15(22,23)13(20)21/h3-7,13H,1-2H3,(H,34,36)(H,32,33,35). The van der Waals surface area contributed by atoms with Crippen LogP contribution in [0.4, 0.5) is 64.2 Å². The fraction of sp³-hybridized carbons (Fsp3) is 0.421. The van der Waals surface area contributed by atoms with Crippen molar-refractivity contribution in [2.45, 2.75) is 54.8 Å². The van der Waals surface area contributed by atoms with Gasteiger partial charge in [0.1, 0.15) is 11.6 Å². The van der Waals surface area contributed by atoms with Crippen LogP contribution < -0.4 is 10.0 Å². The minimum absolute atomic E-state index is 0.171. The molecule has 0 fully saturated rings. The van der Waals surface area contributed by atoms with Crippen molar-refractivity contribution in [1.29, 1.82) is 0 Å². The second kappa shape index (κ2) is 10.0. The second-order valence-electron chi connectivity index (χ2n) is 7.75. The van der Waals surface area contributed by atoms with Gasteiger partial charge in [-0.2, -0.15) is 43.9 Å². The minimum Gasteiger partial charge on any atom is -0.321 e. The predicted octanol–water partition coefficient (Wildman–Crippen LogP) is 5.27. The van der Waals surface area contributed by atoms with Crippen molar-refractivity contribution in [2.75, 3.05) is 10.0 Å². The first-order valence-corrected chi connectivity index (χ1v) is 11.3. The Kier molecular flexibility index (Phi) is 8.19. The first kappa shape index (κ1) is 31.9. The molecule has 2 N–H and O–H groups in total. The molecule has 0 saturated heterocycles. The van der Waals surface area contributed by atoms with E-state index in [9.17, 15) is 65.9 Å². The number of nitrogens with zero attached hydrogens (tertiary/aromatic N) is 2. The molecule has 0 bridgehead atoms. The quantitative estimate of drug-likeness (QED) is 0.359. The molecule has 7 nitrogen and oxygen atoms in total. The van der Waals surface area contributed by atoms with Crippen molar-refractivity contribution < 1.29 is 65.9 Å². The van der Waals surface area contributed by atoms with Gasteiger partial charge in [-0.15, -0.1) is 0 Å². The lowest BCUT2D eigenvalue weighted by Gasteiger charge is -2.38. The summed E-state index contributed by atoms with van der Waals surface area (Å²) in [4.78, 5) is 18.7. The first-order valence-electron chi connectivity index (χ1n) is 9.85. The highest BCUT2D eigenvalue weighted by atomic mass is 32.2. The number of amides is 1. The van der Waals surface area contributed by atoms with E-state index in [1.54, 1.807) is 0 Å². The zero-order valence-electron chi connectivity index (χ0n) is 19.0. The van der Waals surface area contributed by atoms with Gasteiger partial charge >= 0.3 is 41.9 Å². The van der Waals surface area contributed by atoms with E-state index < -0.39 is 62.6 Å². The summed E-state index contributed by atoms with van der Waals surface area (Å²) in [6, 6.07) is 3.38. The van der Waals surface area contributed by atoms with Gasteiger partial charge in [0.05, 0.1) is 4.90 Å². The lowest BCUT2D eigenvalue weighted by Crippen LogP contribution is -2.70. The van der Waals surface area contributed by atoms with E-state index in [1.165, 1.54) is 19.9 Å². The lowest BCUT2D eigenvalue weighted by atomic mass is 9.94. The highest BCUT2D eigenvalue weighted by Crippen LogP contribution is 2.58. The third-order valence-electron chi connectivity index (χ3n) is 4.79. The normalized spacial score (nSPS) is 13.9. The molecule has 1 heterocycles. The number of halogens is 12. The Hall–Kier alpha value is -3.32. The number of rotatable bonds is 10. The maximum atomic E-state index is 13.9. The highest BCUT2D eigenvalue weighted by Gasteiger charge is 2.89. The molecule has 39 heavy (non-hydrogen) atoms. The van der Waals surface area contributed by atoms with Crippen LogP contribution >= 0.6 is 0 Å². The molecule has 218 valence electrons. The molecular formula is C19H14F12N4O3S. The molecule has 0 aliphatic rings. The molecule has 2 aromatic rings. The monoisotopic (exact) mass is 606 g/mol. The number of aromatic nitrogens is 2. The molecule has 0 atom stereocenters. The van der Waals surface area contributed by atoms with Crippen molar-refractivity contribution in [3.63, 3.8) is 0 Å². The number of hydrogen-bond acceptors (Lipinski definition) is 5. The van der Waals surface area contributed by atoms with Crippen LogP contribution in [0.2, 0.25) is 0 Å². The summed E-state index contributed by atoms with van der Waals surface area (Å²) in [7, 11) is -4.44. The summed E-state index contributed by atoms with van der Waals surface area (Å²) in [6.07, 6.45) is -5.68. The van der Waals surface area contributed by atoms with Gasteiger partial charge in [0.2, 0.25) is 0 Å². The van der Waals surface area contributed by atoms with Gasteiger partial charge in [-0.05, 0) is 38.1 Å². The number of hydrogen-bond donors (Lipinski definition) is 2. The SMILES string of the molecule is Cc1cc(NS(=O)(=O)c2ccc(NC(=O)C(F)(F)C(F)(F)C(F)(F)C(F)(F)C(F)(F)C(F)F)cc2)nc(C)n1. The van der Waals surface area contributed by atoms with E-state index in [4.69, 9.17) is 0 Å². The Morgan fingerprint density at radius 3 is 1.79 bits per heavy atom. The smallest absolute Gasteiger partial charge is 0.321 e. The number of carbonyl (C=O) groups excluding carboxylic acids is 1. The van der Waals surface area contributed by atoms with Crippen molar-refractivity contribution >= 4 is 27.4 Å². The minimum atomic E-state index is -7.87. The van der Waals surface area contributed by atoms with Crippen molar-refractivity contribution in [2.24, 2.45) is 0 Å². The zero-order valence-corrected chi connectivity index (χ0v) is 19.8. The number of sulfonamides is 1. The average molecular weight is 606 g/mol. The van der Waals surface area contributed by atoms with E-state index in [2.05, 4.69) is 9.97 Å². The van der Waals surface area contributed by atoms with Crippen LogP contribution in [-0.4, -0.2) is 60.3 Å². The Morgan fingerprint density at radius 1 is 0.821 bits per heavy atom. The Bertz CT molecular complexity index is 1320.